The average molecular weight is 374 g/mol. The van der Waals surface area contributed by atoms with Crippen LogP contribution in [-0.2, 0) is 4.79 Å². The van der Waals surface area contributed by atoms with Crippen molar-refractivity contribution in [2.45, 2.75) is 6.92 Å². The van der Waals surface area contributed by atoms with Crippen LogP contribution in [0.3, 0.4) is 0 Å². The molecule has 0 saturated heterocycles. The first kappa shape index (κ1) is 17.3. The van der Waals surface area contributed by atoms with E-state index < -0.39 is 5.97 Å². The summed E-state index contributed by atoms with van der Waals surface area (Å²) in [6.45, 7) is 1.30. The van der Waals surface area contributed by atoms with E-state index in [0.717, 1.165) is 0 Å². The standard InChI is InChI=1S/C13H9Cl2NO3.C6H4/c1-6(17)16-12-9(13(18)19)3-2-8-10(12)4-7(14)5-11(8)15;1-2-6-4-3-5(1)6/h2-5H,1H3,(H,16,17)(H,18,19);1-4H. The van der Waals surface area contributed by atoms with Crippen molar-refractivity contribution < 1.29 is 14.7 Å². The van der Waals surface area contributed by atoms with Crippen LogP contribution in [0.4, 0.5) is 5.69 Å². The molecule has 0 aromatic heterocycles. The molecule has 2 aliphatic carbocycles. The number of rotatable bonds is 2. The summed E-state index contributed by atoms with van der Waals surface area (Å²) in [5.74, 6) is -1.51. The number of hydrogen-bond donors (Lipinski definition) is 2. The van der Waals surface area contributed by atoms with Crippen LogP contribution in [0.15, 0.2) is 48.5 Å². The molecule has 0 bridgehead atoms. The van der Waals surface area contributed by atoms with Crippen molar-refractivity contribution in [2.24, 2.45) is 0 Å². The summed E-state index contributed by atoms with van der Waals surface area (Å²) < 4.78 is 0. The fourth-order valence-electron chi connectivity index (χ4n) is 2.51. The van der Waals surface area contributed by atoms with Gasteiger partial charge < -0.3 is 10.4 Å². The van der Waals surface area contributed by atoms with Gasteiger partial charge in [-0.2, -0.15) is 0 Å². The molecule has 126 valence electrons. The minimum Gasteiger partial charge on any atom is -0.478 e. The number of benzene rings is 3. The van der Waals surface area contributed by atoms with Crippen molar-refractivity contribution >= 4 is 51.5 Å². The van der Waals surface area contributed by atoms with E-state index >= 15 is 0 Å². The van der Waals surface area contributed by atoms with E-state index in [1.165, 1.54) is 24.1 Å². The molecule has 2 aromatic carbocycles. The quantitative estimate of drug-likeness (QED) is 0.489. The van der Waals surface area contributed by atoms with Gasteiger partial charge in [0.05, 0.1) is 11.3 Å². The minimum atomic E-state index is -1.14. The number of hydrogen-bond acceptors (Lipinski definition) is 2. The molecule has 0 radical (unpaired) electrons. The molecule has 2 aliphatic rings. The second-order valence-electron chi connectivity index (χ2n) is 5.53. The Balaban J connectivity index is 0.000000250. The molecule has 0 atom stereocenters. The van der Waals surface area contributed by atoms with Crippen LogP contribution in [-0.4, -0.2) is 17.0 Å². The average Bonchev–Trinajstić information content (AvgIpc) is 2.51. The van der Waals surface area contributed by atoms with E-state index in [1.807, 2.05) is 0 Å². The number of carbonyl (C=O) groups excluding carboxylic acids is 1. The van der Waals surface area contributed by atoms with E-state index in [4.69, 9.17) is 28.3 Å². The molecule has 4 nitrogen and oxygen atoms in total. The summed E-state index contributed by atoms with van der Waals surface area (Å²) in [6.07, 6.45) is 0. The molecule has 0 heterocycles. The van der Waals surface area contributed by atoms with Crippen LogP contribution in [0.1, 0.15) is 17.3 Å². The predicted octanol–water partition coefficient (Wildman–Crippen LogP) is 5.47. The highest BCUT2D eigenvalue weighted by molar-refractivity contribution is 6.39. The topological polar surface area (TPSA) is 66.4 Å². The van der Waals surface area contributed by atoms with Crippen molar-refractivity contribution in [2.75, 3.05) is 5.32 Å². The zero-order chi connectivity index (χ0) is 18.1. The Morgan fingerprint density at radius 2 is 1.52 bits per heavy atom. The van der Waals surface area contributed by atoms with Gasteiger partial charge in [-0.05, 0) is 29.3 Å². The molecule has 0 saturated carbocycles. The normalized spacial score (nSPS) is 10.7. The molecule has 25 heavy (non-hydrogen) atoms. The van der Waals surface area contributed by atoms with Crippen LogP contribution in [0, 0.1) is 0 Å². The number of halogens is 2. The zero-order valence-electron chi connectivity index (χ0n) is 13.1. The van der Waals surface area contributed by atoms with Crippen molar-refractivity contribution in [3.8, 4) is 11.1 Å². The molecule has 0 aliphatic heterocycles. The maximum atomic E-state index is 11.2. The molecular formula is C19H13Cl2NO3. The first-order valence-electron chi connectivity index (χ1n) is 7.40. The third-order valence-corrected chi connectivity index (χ3v) is 4.33. The maximum Gasteiger partial charge on any atom is 0.337 e. The lowest BCUT2D eigenvalue weighted by atomic mass is 9.95. The van der Waals surface area contributed by atoms with Gasteiger partial charge in [0.25, 0.3) is 0 Å². The largest absolute Gasteiger partial charge is 0.478 e. The highest BCUT2D eigenvalue weighted by atomic mass is 35.5. The summed E-state index contributed by atoms with van der Waals surface area (Å²) in [4.78, 5) is 22.4. The van der Waals surface area contributed by atoms with Gasteiger partial charge in [0.1, 0.15) is 0 Å². The van der Waals surface area contributed by atoms with Gasteiger partial charge in [0.2, 0.25) is 5.91 Å². The Morgan fingerprint density at radius 1 is 0.920 bits per heavy atom. The molecule has 0 fully saturated rings. The van der Waals surface area contributed by atoms with Gasteiger partial charge in [-0.1, -0.05) is 53.5 Å². The lowest BCUT2D eigenvalue weighted by Gasteiger charge is -2.12. The van der Waals surface area contributed by atoms with E-state index in [0.29, 0.717) is 20.8 Å². The minimum absolute atomic E-state index is 0.0129. The van der Waals surface area contributed by atoms with Crippen molar-refractivity contribution in [1.82, 2.24) is 0 Å². The summed E-state index contributed by atoms with van der Waals surface area (Å²) in [5, 5.41) is 13.6. The molecule has 0 spiro atoms. The molecular weight excluding hydrogens is 361 g/mol. The number of aromatic carboxylic acids is 1. The third-order valence-electron chi connectivity index (χ3n) is 3.80. The van der Waals surface area contributed by atoms with E-state index in [1.54, 1.807) is 18.2 Å². The van der Waals surface area contributed by atoms with E-state index in [9.17, 15) is 9.59 Å². The summed E-state index contributed by atoms with van der Waals surface area (Å²) in [6, 6.07) is 14.6. The van der Waals surface area contributed by atoms with Gasteiger partial charge in [-0.25, -0.2) is 4.79 Å². The van der Waals surface area contributed by atoms with Crippen molar-refractivity contribution in [3.63, 3.8) is 0 Å². The molecule has 2 aromatic rings. The molecule has 0 unspecified atom stereocenters. The van der Waals surface area contributed by atoms with Gasteiger partial charge in [-0.15, -0.1) is 0 Å². The Morgan fingerprint density at radius 3 is 1.96 bits per heavy atom. The zero-order valence-corrected chi connectivity index (χ0v) is 14.7. The van der Waals surface area contributed by atoms with Crippen LogP contribution in [0.2, 0.25) is 10.0 Å². The SMILES string of the molecule is CC(=O)Nc1c(C(=O)O)ccc2c(Cl)cc(Cl)cc12.c1cc2ccc1-2. The summed E-state index contributed by atoms with van der Waals surface area (Å²) in [7, 11) is 0. The Bertz CT molecular complexity index is 977. The lowest BCUT2D eigenvalue weighted by molar-refractivity contribution is -0.114. The fourth-order valence-corrected chi connectivity index (χ4v) is 3.06. The second kappa shape index (κ2) is 6.75. The number of fused-ring (bicyclic) bond motifs is 2. The first-order chi connectivity index (χ1) is 11.9. The van der Waals surface area contributed by atoms with Crippen molar-refractivity contribution in [3.05, 3.63) is 64.1 Å². The Hall–Kier alpha value is -2.56. The van der Waals surface area contributed by atoms with Gasteiger partial charge >= 0.3 is 5.97 Å². The summed E-state index contributed by atoms with van der Waals surface area (Å²) >= 11 is 12.0. The number of carboxylic acids is 1. The maximum absolute atomic E-state index is 11.2. The summed E-state index contributed by atoms with van der Waals surface area (Å²) in [5.41, 5.74) is 3.04. The van der Waals surface area contributed by atoms with Gasteiger partial charge in [0, 0.05) is 27.7 Å². The molecule has 1 amide bonds. The number of nitrogens with one attached hydrogen (secondary N) is 1. The van der Waals surface area contributed by atoms with E-state index in [2.05, 4.69) is 29.6 Å². The number of carbonyl (C=O) groups is 2. The molecule has 6 heteroatoms. The fraction of sp³-hybridized carbons (Fsp3) is 0.0526. The predicted molar refractivity (Wildman–Crippen MR) is 101 cm³/mol. The van der Waals surface area contributed by atoms with Crippen LogP contribution < -0.4 is 5.32 Å². The smallest absolute Gasteiger partial charge is 0.337 e. The first-order valence-corrected chi connectivity index (χ1v) is 8.15. The van der Waals surface area contributed by atoms with Crippen molar-refractivity contribution in [1.29, 1.82) is 0 Å². The Kier molecular flexibility index (Phi) is 4.66. The van der Waals surface area contributed by atoms with E-state index in [-0.39, 0.29) is 17.2 Å². The van der Waals surface area contributed by atoms with Crippen LogP contribution in [0.5, 0.6) is 0 Å². The van der Waals surface area contributed by atoms with Gasteiger partial charge in [-0.3, -0.25) is 4.79 Å². The van der Waals surface area contributed by atoms with Crippen LogP contribution in [0.25, 0.3) is 21.9 Å². The van der Waals surface area contributed by atoms with Gasteiger partial charge in [0.15, 0.2) is 0 Å². The third kappa shape index (κ3) is 3.45. The number of carboxylic acid groups (broad SMARTS) is 1. The second-order valence-corrected chi connectivity index (χ2v) is 6.38. The highest BCUT2D eigenvalue weighted by Crippen LogP contribution is 2.35. The Labute approximate surface area is 154 Å². The number of amides is 1. The monoisotopic (exact) mass is 373 g/mol. The van der Waals surface area contributed by atoms with Crippen LogP contribution >= 0.6 is 23.2 Å². The molecule has 2 N–H and O–H groups in total. The highest BCUT2D eigenvalue weighted by Gasteiger charge is 2.16. The number of anilines is 1. The lowest BCUT2D eigenvalue weighted by Crippen LogP contribution is -2.11. The molecule has 4 rings (SSSR count).